The van der Waals surface area contributed by atoms with E-state index in [1.54, 1.807) is 0 Å². The van der Waals surface area contributed by atoms with Crippen LogP contribution in [0.25, 0.3) is 0 Å². The van der Waals surface area contributed by atoms with E-state index in [4.69, 9.17) is 5.73 Å². The average molecular weight is 238 g/mol. The van der Waals surface area contributed by atoms with Gasteiger partial charge in [-0.1, -0.05) is 0 Å². The minimum absolute atomic E-state index is 0.142. The van der Waals surface area contributed by atoms with Crippen LogP contribution >= 0.6 is 0 Å². The predicted octanol–water partition coefficient (Wildman–Crippen LogP) is 1.89. The number of piperidine rings is 1. The van der Waals surface area contributed by atoms with Crippen LogP contribution in [0.3, 0.4) is 0 Å². The summed E-state index contributed by atoms with van der Waals surface area (Å²) in [6, 6.07) is 2.03. The maximum atomic E-state index is 13.8. The zero-order valence-electron chi connectivity index (χ0n) is 9.60. The van der Waals surface area contributed by atoms with Gasteiger partial charge in [0.25, 0.3) is 0 Å². The van der Waals surface area contributed by atoms with Gasteiger partial charge >= 0.3 is 0 Å². The second kappa shape index (κ2) is 3.75. The fraction of sp³-hybridized carbons (Fsp3) is 0.538. The number of hydrogen-bond donors (Lipinski definition) is 2. The summed E-state index contributed by atoms with van der Waals surface area (Å²) < 4.78 is 27.5. The molecule has 0 bridgehead atoms. The molecule has 2 aliphatic rings. The molecule has 1 aliphatic heterocycles. The highest BCUT2D eigenvalue weighted by Crippen LogP contribution is 2.51. The van der Waals surface area contributed by atoms with Crippen LogP contribution in [0.1, 0.15) is 30.0 Å². The summed E-state index contributed by atoms with van der Waals surface area (Å²) in [5.41, 5.74) is 6.96. The number of nitrogens with one attached hydrogen (secondary N) is 1. The van der Waals surface area contributed by atoms with Gasteiger partial charge in [0.05, 0.1) is 0 Å². The van der Waals surface area contributed by atoms with Crippen molar-refractivity contribution in [3.05, 3.63) is 34.9 Å². The van der Waals surface area contributed by atoms with Crippen molar-refractivity contribution >= 4 is 0 Å². The summed E-state index contributed by atoms with van der Waals surface area (Å²) >= 11 is 0. The largest absolute Gasteiger partial charge is 0.323 e. The molecule has 17 heavy (non-hydrogen) atoms. The third-order valence-electron chi connectivity index (χ3n) is 4.35. The first-order valence-corrected chi connectivity index (χ1v) is 6.07. The van der Waals surface area contributed by atoms with E-state index in [0.717, 1.165) is 25.9 Å². The topological polar surface area (TPSA) is 38.0 Å². The van der Waals surface area contributed by atoms with Gasteiger partial charge in [-0.3, -0.25) is 0 Å². The van der Waals surface area contributed by atoms with Crippen LogP contribution in [0.15, 0.2) is 12.1 Å². The molecule has 1 aliphatic carbocycles. The van der Waals surface area contributed by atoms with Crippen molar-refractivity contribution in [2.75, 3.05) is 13.1 Å². The van der Waals surface area contributed by atoms with Crippen molar-refractivity contribution < 1.29 is 8.78 Å². The van der Waals surface area contributed by atoms with E-state index in [1.807, 2.05) is 0 Å². The molecule has 0 unspecified atom stereocenters. The van der Waals surface area contributed by atoms with Crippen molar-refractivity contribution in [2.45, 2.75) is 25.3 Å². The van der Waals surface area contributed by atoms with Crippen molar-refractivity contribution in [3.8, 4) is 0 Å². The van der Waals surface area contributed by atoms with Gasteiger partial charge < -0.3 is 11.1 Å². The van der Waals surface area contributed by atoms with E-state index in [0.29, 0.717) is 17.5 Å². The zero-order chi connectivity index (χ0) is 12.0. The Morgan fingerprint density at radius 1 is 1.18 bits per heavy atom. The molecule has 1 heterocycles. The third-order valence-corrected chi connectivity index (χ3v) is 4.35. The molecule has 1 atom stereocenters. The zero-order valence-corrected chi connectivity index (χ0v) is 9.60. The summed E-state index contributed by atoms with van der Waals surface area (Å²) in [6.45, 7) is 1.76. The molecule has 1 aromatic rings. The van der Waals surface area contributed by atoms with Gasteiger partial charge in [0.2, 0.25) is 0 Å². The smallest absolute Gasteiger partial charge is 0.128 e. The summed E-state index contributed by atoms with van der Waals surface area (Å²) in [5.74, 6) is -0.670. The molecule has 4 heteroatoms. The summed E-state index contributed by atoms with van der Waals surface area (Å²) in [5, 5.41) is 3.27. The number of halogens is 2. The highest BCUT2D eigenvalue weighted by Gasteiger charge is 2.47. The Morgan fingerprint density at radius 2 is 1.82 bits per heavy atom. The summed E-state index contributed by atoms with van der Waals surface area (Å²) in [6.07, 6.45) is 2.36. The standard InChI is InChI=1S/C13H16F2N2/c14-9-1-2-10(15)11-8(9)7-13(12(11)16)3-5-17-6-4-13/h1-2,12,17H,3-7,16H2/t12-/m1/s1. The maximum absolute atomic E-state index is 13.8. The lowest BCUT2D eigenvalue weighted by molar-refractivity contribution is 0.172. The third kappa shape index (κ3) is 1.51. The average Bonchev–Trinajstić information content (AvgIpc) is 2.61. The fourth-order valence-corrected chi connectivity index (χ4v) is 3.31. The van der Waals surface area contributed by atoms with Crippen molar-refractivity contribution in [1.82, 2.24) is 5.32 Å². The van der Waals surface area contributed by atoms with Crippen molar-refractivity contribution in [1.29, 1.82) is 0 Å². The van der Waals surface area contributed by atoms with E-state index < -0.39 is 0 Å². The van der Waals surface area contributed by atoms with Gasteiger partial charge in [-0.2, -0.15) is 0 Å². The molecule has 2 nitrogen and oxygen atoms in total. The number of benzene rings is 1. The number of rotatable bonds is 0. The van der Waals surface area contributed by atoms with Gasteiger partial charge in [0.15, 0.2) is 0 Å². The molecule has 0 radical (unpaired) electrons. The van der Waals surface area contributed by atoms with Gasteiger partial charge in [0, 0.05) is 11.6 Å². The van der Waals surface area contributed by atoms with Crippen LogP contribution in [0.4, 0.5) is 8.78 Å². The van der Waals surface area contributed by atoms with E-state index in [-0.39, 0.29) is 23.1 Å². The molecule has 1 spiro atoms. The molecule has 92 valence electrons. The minimum atomic E-state index is -0.365. The fourth-order valence-electron chi connectivity index (χ4n) is 3.31. The summed E-state index contributed by atoms with van der Waals surface area (Å²) in [4.78, 5) is 0. The molecule has 1 saturated heterocycles. The van der Waals surface area contributed by atoms with Gasteiger partial charge in [-0.05, 0) is 55.5 Å². The Kier molecular flexibility index (Phi) is 2.45. The maximum Gasteiger partial charge on any atom is 0.128 e. The van der Waals surface area contributed by atoms with Gasteiger partial charge in [-0.25, -0.2) is 8.78 Å². The second-order valence-electron chi connectivity index (χ2n) is 5.19. The molecule has 0 amide bonds. The first-order valence-electron chi connectivity index (χ1n) is 6.07. The van der Waals surface area contributed by atoms with Crippen LogP contribution in [-0.2, 0) is 6.42 Å². The van der Waals surface area contributed by atoms with Crippen LogP contribution in [0.2, 0.25) is 0 Å². The number of fused-ring (bicyclic) bond motifs is 1. The Hall–Kier alpha value is -1.00. The molecule has 3 N–H and O–H groups in total. The number of nitrogens with two attached hydrogens (primary N) is 1. The molecule has 1 fully saturated rings. The molecular formula is C13H16F2N2. The Balaban J connectivity index is 2.07. The molecular weight excluding hydrogens is 222 g/mol. The van der Waals surface area contributed by atoms with Crippen molar-refractivity contribution in [3.63, 3.8) is 0 Å². The van der Waals surface area contributed by atoms with Crippen LogP contribution in [0.5, 0.6) is 0 Å². The number of hydrogen-bond acceptors (Lipinski definition) is 2. The lowest BCUT2D eigenvalue weighted by Gasteiger charge is -2.37. The minimum Gasteiger partial charge on any atom is -0.323 e. The Bertz CT molecular complexity index is 453. The summed E-state index contributed by atoms with van der Waals surface area (Å²) in [7, 11) is 0. The lowest BCUT2D eigenvalue weighted by Crippen LogP contribution is -2.42. The Labute approximate surface area is 99.2 Å². The molecule has 3 rings (SSSR count). The van der Waals surface area contributed by atoms with E-state index in [9.17, 15) is 8.78 Å². The van der Waals surface area contributed by atoms with E-state index in [1.165, 1.54) is 12.1 Å². The van der Waals surface area contributed by atoms with Crippen LogP contribution in [-0.4, -0.2) is 13.1 Å². The molecule has 1 aromatic carbocycles. The van der Waals surface area contributed by atoms with E-state index >= 15 is 0 Å². The van der Waals surface area contributed by atoms with Crippen LogP contribution in [0, 0.1) is 17.0 Å². The van der Waals surface area contributed by atoms with E-state index in [2.05, 4.69) is 5.32 Å². The van der Waals surface area contributed by atoms with Crippen molar-refractivity contribution in [2.24, 2.45) is 11.1 Å². The highest BCUT2D eigenvalue weighted by molar-refractivity contribution is 5.40. The van der Waals surface area contributed by atoms with Crippen LogP contribution < -0.4 is 11.1 Å². The predicted molar refractivity (Wildman–Crippen MR) is 61.5 cm³/mol. The van der Waals surface area contributed by atoms with Gasteiger partial charge in [0.1, 0.15) is 11.6 Å². The SMILES string of the molecule is N[C@@H]1c2c(F)ccc(F)c2CC12CCNCC2. The Morgan fingerprint density at radius 3 is 2.47 bits per heavy atom. The lowest BCUT2D eigenvalue weighted by atomic mass is 9.73. The van der Waals surface area contributed by atoms with Gasteiger partial charge in [-0.15, -0.1) is 0 Å². The molecule has 0 saturated carbocycles. The monoisotopic (exact) mass is 238 g/mol. The second-order valence-corrected chi connectivity index (χ2v) is 5.19. The highest BCUT2D eigenvalue weighted by atomic mass is 19.1. The quantitative estimate of drug-likeness (QED) is 0.724. The molecule has 0 aromatic heterocycles. The first kappa shape index (κ1) is 11.1. The normalized spacial score (nSPS) is 26.2. The first-order chi connectivity index (χ1) is 8.14.